The Morgan fingerprint density at radius 1 is 1.22 bits per heavy atom. The number of aromatic amines is 1. The van der Waals surface area contributed by atoms with E-state index in [2.05, 4.69) is 30.7 Å². The molecule has 6 nitrogen and oxygen atoms in total. The van der Waals surface area contributed by atoms with Crippen molar-refractivity contribution in [2.24, 2.45) is 0 Å². The Hall–Kier alpha value is -2.29. The van der Waals surface area contributed by atoms with Gasteiger partial charge in [0.25, 0.3) is 0 Å². The van der Waals surface area contributed by atoms with E-state index in [9.17, 15) is 8.78 Å². The lowest BCUT2D eigenvalue weighted by atomic mass is 10.2. The van der Waals surface area contributed by atoms with Crippen molar-refractivity contribution in [3.8, 4) is 0 Å². The topological polar surface area (TPSA) is 79.4 Å². The van der Waals surface area contributed by atoms with Crippen LogP contribution in [0.3, 0.4) is 0 Å². The molecule has 120 valence electrons. The maximum absolute atomic E-state index is 13.7. The number of benzene rings is 1. The molecule has 0 fully saturated rings. The maximum Gasteiger partial charge on any atom is 0.207 e. The summed E-state index contributed by atoms with van der Waals surface area (Å²) in [6, 6.07) is 4.25. The fraction of sp³-hybridized carbons (Fsp3) is 0.286. The highest BCUT2D eigenvalue weighted by Crippen LogP contribution is 2.26. The summed E-state index contributed by atoms with van der Waals surface area (Å²) in [6.45, 7) is 3.95. The molecule has 2 N–H and O–H groups in total. The molecule has 0 radical (unpaired) electrons. The number of H-pyrrole nitrogens is 1. The van der Waals surface area contributed by atoms with Crippen molar-refractivity contribution < 1.29 is 8.78 Å². The number of rotatable bonds is 5. The van der Waals surface area contributed by atoms with Crippen LogP contribution >= 0.6 is 11.8 Å². The number of thioether (sulfide) groups is 1. The van der Waals surface area contributed by atoms with E-state index in [1.807, 2.05) is 13.8 Å². The second-order valence-corrected chi connectivity index (χ2v) is 6.09. The summed E-state index contributed by atoms with van der Waals surface area (Å²) in [6.07, 6.45) is 0. The highest BCUT2D eigenvalue weighted by atomic mass is 32.2. The van der Waals surface area contributed by atoms with Crippen LogP contribution in [0.15, 0.2) is 23.4 Å². The third kappa shape index (κ3) is 3.39. The van der Waals surface area contributed by atoms with Gasteiger partial charge in [-0.1, -0.05) is 23.9 Å². The standard InChI is InChI=1S/C14H14F2N6S/c1-7(2)17-12-11-13(21-22-20-11)19-14(18-12)23-6-8-4-3-5-9(15)10(8)16/h3-5,7H,6H2,1-2H3,(H2,17,18,19,20,21,22). The fourth-order valence-electron chi connectivity index (χ4n) is 1.97. The number of nitrogens with one attached hydrogen (secondary N) is 2. The lowest BCUT2D eigenvalue weighted by Gasteiger charge is -2.10. The quantitative estimate of drug-likeness (QED) is 0.550. The molecule has 3 rings (SSSR count). The lowest BCUT2D eigenvalue weighted by molar-refractivity contribution is 0.502. The van der Waals surface area contributed by atoms with E-state index in [1.54, 1.807) is 0 Å². The average Bonchev–Trinajstić information content (AvgIpc) is 2.97. The first-order chi connectivity index (χ1) is 11.0. The van der Waals surface area contributed by atoms with E-state index in [-0.39, 0.29) is 17.4 Å². The molecule has 0 atom stereocenters. The summed E-state index contributed by atoms with van der Waals surface area (Å²) in [5.74, 6) is -0.934. The molecule has 2 aromatic heterocycles. The fourth-order valence-corrected chi connectivity index (χ4v) is 2.78. The molecule has 1 aromatic carbocycles. The van der Waals surface area contributed by atoms with Crippen LogP contribution in [0.25, 0.3) is 11.2 Å². The Morgan fingerprint density at radius 3 is 2.83 bits per heavy atom. The van der Waals surface area contributed by atoms with Gasteiger partial charge in [0.05, 0.1) is 0 Å². The van der Waals surface area contributed by atoms with Crippen LogP contribution in [0.5, 0.6) is 0 Å². The van der Waals surface area contributed by atoms with Gasteiger partial charge in [-0.05, 0) is 19.9 Å². The first-order valence-electron chi connectivity index (χ1n) is 6.95. The Balaban J connectivity index is 1.86. The molecule has 0 amide bonds. The molecule has 0 aliphatic rings. The Kier molecular flexibility index (Phi) is 4.37. The smallest absolute Gasteiger partial charge is 0.207 e. The van der Waals surface area contributed by atoms with Gasteiger partial charge in [-0.15, -0.1) is 5.10 Å². The maximum atomic E-state index is 13.7. The Morgan fingerprint density at radius 2 is 2.04 bits per heavy atom. The van der Waals surface area contributed by atoms with E-state index in [4.69, 9.17) is 0 Å². The molecule has 0 unspecified atom stereocenters. The van der Waals surface area contributed by atoms with Crippen LogP contribution < -0.4 is 5.32 Å². The minimum absolute atomic E-state index is 0.156. The zero-order valence-corrected chi connectivity index (χ0v) is 13.3. The molecule has 0 saturated heterocycles. The zero-order valence-electron chi connectivity index (χ0n) is 12.5. The zero-order chi connectivity index (χ0) is 16.4. The predicted molar refractivity (Wildman–Crippen MR) is 84.2 cm³/mol. The van der Waals surface area contributed by atoms with Gasteiger partial charge >= 0.3 is 0 Å². The molecule has 9 heteroatoms. The largest absolute Gasteiger partial charge is 0.366 e. The van der Waals surface area contributed by atoms with Gasteiger partial charge < -0.3 is 5.32 Å². The normalized spacial score (nSPS) is 11.3. The van der Waals surface area contributed by atoms with Crippen LogP contribution in [0.4, 0.5) is 14.6 Å². The number of halogens is 2. The minimum atomic E-state index is -0.863. The SMILES string of the molecule is CC(C)Nc1nc(SCc2cccc(F)c2F)nc2n[nH]nc12. The van der Waals surface area contributed by atoms with Crippen molar-refractivity contribution in [1.29, 1.82) is 0 Å². The molecule has 0 aliphatic heterocycles. The highest BCUT2D eigenvalue weighted by molar-refractivity contribution is 7.98. The van der Waals surface area contributed by atoms with Gasteiger partial charge in [0, 0.05) is 17.4 Å². The Labute approximate surface area is 135 Å². The van der Waals surface area contributed by atoms with Crippen molar-refractivity contribution in [3.05, 3.63) is 35.4 Å². The molecule has 3 aromatic rings. The first kappa shape index (κ1) is 15.6. The van der Waals surface area contributed by atoms with Crippen molar-refractivity contribution in [2.75, 3.05) is 5.32 Å². The van der Waals surface area contributed by atoms with Crippen LogP contribution in [-0.2, 0) is 5.75 Å². The summed E-state index contributed by atoms with van der Waals surface area (Å²) in [5.41, 5.74) is 1.22. The first-order valence-corrected chi connectivity index (χ1v) is 7.94. The monoisotopic (exact) mass is 336 g/mol. The summed E-state index contributed by atoms with van der Waals surface area (Å²) in [4.78, 5) is 8.64. The van der Waals surface area contributed by atoms with Crippen LogP contribution in [-0.4, -0.2) is 31.4 Å². The molecule has 23 heavy (non-hydrogen) atoms. The Bertz CT molecular complexity index is 835. The molecule has 2 heterocycles. The molecular weight excluding hydrogens is 322 g/mol. The van der Waals surface area contributed by atoms with Gasteiger partial charge in [0.2, 0.25) is 5.65 Å². The number of nitrogens with zero attached hydrogens (tertiary/aromatic N) is 4. The van der Waals surface area contributed by atoms with E-state index in [0.29, 0.717) is 22.1 Å². The number of hydrogen-bond donors (Lipinski definition) is 2. The average molecular weight is 336 g/mol. The third-order valence-corrected chi connectivity index (χ3v) is 3.87. The van der Waals surface area contributed by atoms with E-state index >= 15 is 0 Å². The van der Waals surface area contributed by atoms with Gasteiger partial charge in [0.15, 0.2) is 28.1 Å². The summed E-state index contributed by atoms with van der Waals surface area (Å²) in [7, 11) is 0. The summed E-state index contributed by atoms with van der Waals surface area (Å²) >= 11 is 1.21. The van der Waals surface area contributed by atoms with E-state index in [0.717, 1.165) is 6.07 Å². The van der Waals surface area contributed by atoms with Gasteiger partial charge in [-0.3, -0.25) is 0 Å². The van der Waals surface area contributed by atoms with Crippen molar-refractivity contribution in [1.82, 2.24) is 25.4 Å². The predicted octanol–water partition coefficient (Wildman–Crippen LogP) is 3.14. The van der Waals surface area contributed by atoms with Crippen LogP contribution in [0.2, 0.25) is 0 Å². The van der Waals surface area contributed by atoms with Gasteiger partial charge in [-0.25, -0.2) is 13.8 Å². The summed E-state index contributed by atoms with van der Waals surface area (Å²) < 4.78 is 26.9. The van der Waals surface area contributed by atoms with Crippen LogP contribution in [0.1, 0.15) is 19.4 Å². The van der Waals surface area contributed by atoms with Crippen molar-refractivity contribution in [2.45, 2.75) is 30.8 Å². The molecule has 0 bridgehead atoms. The highest BCUT2D eigenvalue weighted by Gasteiger charge is 2.14. The number of hydrogen-bond acceptors (Lipinski definition) is 6. The van der Waals surface area contributed by atoms with Crippen molar-refractivity contribution in [3.63, 3.8) is 0 Å². The summed E-state index contributed by atoms with van der Waals surface area (Å²) in [5, 5.41) is 14.1. The van der Waals surface area contributed by atoms with Gasteiger partial charge in [-0.2, -0.15) is 15.3 Å². The van der Waals surface area contributed by atoms with Crippen LogP contribution in [0, 0.1) is 11.6 Å². The molecule has 0 saturated carbocycles. The number of aromatic nitrogens is 5. The number of anilines is 1. The van der Waals surface area contributed by atoms with Crippen molar-refractivity contribution >= 4 is 28.7 Å². The second kappa shape index (κ2) is 6.45. The van der Waals surface area contributed by atoms with Gasteiger partial charge in [0.1, 0.15) is 0 Å². The number of fused-ring (bicyclic) bond motifs is 1. The third-order valence-electron chi connectivity index (χ3n) is 2.98. The molecule has 0 aliphatic carbocycles. The second-order valence-electron chi connectivity index (χ2n) is 5.15. The lowest BCUT2D eigenvalue weighted by Crippen LogP contribution is -2.12. The van der Waals surface area contributed by atoms with E-state index in [1.165, 1.54) is 23.9 Å². The van der Waals surface area contributed by atoms with E-state index < -0.39 is 11.6 Å². The minimum Gasteiger partial charge on any atom is -0.366 e. The molecular formula is C14H14F2N6S. The molecule has 0 spiro atoms.